The molecule has 0 amide bonds. The van der Waals surface area contributed by atoms with Crippen LogP contribution >= 0.6 is 0 Å². The van der Waals surface area contributed by atoms with Crippen molar-refractivity contribution in [3.05, 3.63) is 11.6 Å². The van der Waals surface area contributed by atoms with Crippen LogP contribution in [0, 0.1) is 29.6 Å². The highest BCUT2D eigenvalue weighted by Crippen LogP contribution is 2.40. The monoisotopic (exact) mass is 860 g/mol. The van der Waals surface area contributed by atoms with E-state index in [1.807, 2.05) is 55.4 Å². The zero-order chi connectivity index (χ0) is 44.9. The number of methoxy groups -OCH3 is 2. The van der Waals surface area contributed by atoms with E-state index >= 15 is 0 Å². The van der Waals surface area contributed by atoms with Crippen LogP contribution < -0.4 is 5.73 Å². The summed E-state index contributed by atoms with van der Waals surface area (Å²) >= 11 is 0. The van der Waals surface area contributed by atoms with Crippen molar-refractivity contribution < 1.29 is 52.0 Å². The molecular weight excluding hydrogens is 775 g/mol. The molecule has 1 fully saturated rings. The van der Waals surface area contributed by atoms with Gasteiger partial charge in [-0.05, 0) is 124 Å². The van der Waals surface area contributed by atoms with E-state index in [1.54, 1.807) is 28.1 Å². The number of ketones is 1. The van der Waals surface area contributed by atoms with Gasteiger partial charge in [0.05, 0.1) is 48.1 Å². The molecule has 0 radical (unpaired) electrons. The molecule has 0 aliphatic carbocycles. The number of carbonyl (C=O) groups is 2. The second-order valence-electron chi connectivity index (χ2n) is 20.1. The number of hydrogen-bond acceptors (Lipinski definition) is 12. The molecule has 2 aliphatic rings. The first kappa shape index (κ1) is 53.1. The lowest BCUT2D eigenvalue weighted by atomic mass is 9.73. The molecule has 1 unspecified atom stereocenters. The Kier molecular flexibility index (Phi) is 19.5. The van der Waals surface area contributed by atoms with Crippen LogP contribution in [0.3, 0.4) is 0 Å². The normalized spacial score (nSPS) is 38.8. The largest absolute Gasteiger partial charge is 0.459 e. The van der Waals surface area contributed by atoms with E-state index in [2.05, 4.69) is 53.1 Å². The quantitative estimate of drug-likeness (QED) is 0.123. The number of esters is 1. The van der Waals surface area contributed by atoms with Crippen molar-refractivity contribution in [2.75, 3.05) is 14.2 Å². The number of Topliss-reactive ketones (excluding diaryl/α,β-unsaturated/α-hetero) is 1. The highest BCUT2D eigenvalue weighted by Gasteiger charge is 2.49. The van der Waals surface area contributed by atoms with Crippen LogP contribution in [0.25, 0.3) is 0 Å². The standard InChI is InChI=1S/C44H85NO11Si2/c1-21-35-43(11,48)23-25(2)36(46)29(6)28(5)30(7)37(54-42-39(55-57(15,16)17)34(45)22-26(3)52-42)31(8)38(32(9)41(47)53-35)51-27(4)24-44(12,50-14)40(33(10)49-13)56-58(18,19)20/h23,26-35,37-40,42,48H,21-22,24,45H2,1-20H3/b25-23+/t26-,27-,28?,29-,30+,31-,32-,33+,34+,35-,37+,38+,39-,40+,42+,43+,44-/m1/s1. The third kappa shape index (κ3) is 14.2. The molecular formula is C44H85NO11Si2. The molecule has 2 rings (SSSR count). The lowest BCUT2D eigenvalue weighted by Gasteiger charge is -2.47. The summed E-state index contributed by atoms with van der Waals surface area (Å²) in [6.07, 6.45) is -1.97. The Labute approximate surface area is 354 Å². The molecule has 58 heavy (non-hydrogen) atoms. The summed E-state index contributed by atoms with van der Waals surface area (Å²) in [5.74, 6) is -2.74. The van der Waals surface area contributed by atoms with Crippen molar-refractivity contribution in [2.45, 2.75) is 214 Å². The molecule has 3 N–H and O–H groups in total. The molecule has 12 nitrogen and oxygen atoms in total. The van der Waals surface area contributed by atoms with Gasteiger partial charge in [-0.15, -0.1) is 0 Å². The number of rotatable bonds is 15. The van der Waals surface area contributed by atoms with Crippen molar-refractivity contribution in [2.24, 2.45) is 35.3 Å². The molecule has 0 spiro atoms. The van der Waals surface area contributed by atoms with Gasteiger partial charge in [-0.25, -0.2) is 0 Å². The maximum absolute atomic E-state index is 14.4. The molecule has 14 heteroatoms. The molecule has 0 saturated carbocycles. The third-order valence-electron chi connectivity index (χ3n) is 12.5. The van der Waals surface area contributed by atoms with Gasteiger partial charge in [-0.2, -0.15) is 0 Å². The smallest absolute Gasteiger partial charge is 0.311 e. The summed E-state index contributed by atoms with van der Waals surface area (Å²) in [7, 11) is -0.822. The molecule has 1 saturated heterocycles. The number of allylic oxidation sites excluding steroid dienone is 1. The molecule has 2 aliphatic heterocycles. The second-order valence-corrected chi connectivity index (χ2v) is 29.1. The Balaban J connectivity index is 2.83. The Morgan fingerprint density at radius 1 is 0.931 bits per heavy atom. The van der Waals surface area contributed by atoms with Crippen molar-refractivity contribution >= 4 is 28.4 Å². The Morgan fingerprint density at radius 3 is 2.02 bits per heavy atom. The predicted octanol–water partition coefficient (Wildman–Crippen LogP) is 7.66. The van der Waals surface area contributed by atoms with Crippen molar-refractivity contribution in [1.29, 1.82) is 0 Å². The van der Waals surface area contributed by atoms with Gasteiger partial charge >= 0.3 is 5.97 Å². The SMILES string of the molecule is CC[C@H]1OC(=O)[C@H](C)[C@@H](O[C@H](C)C[C@@](C)(OC)[C@@H](O[Si](C)(C)C)[C@H](C)OC)[C@H](C)[C@@H](O[C@@H]2O[C@H](C)C[C@H](N)[C@H]2O[Si](C)(C)C)[C@@H](C)C(C)[C@@H](C)C(=O)/C(C)=C/[C@]1(C)O. The first-order chi connectivity index (χ1) is 26.4. The number of aliphatic hydroxyl groups is 1. The summed E-state index contributed by atoms with van der Waals surface area (Å²) < 4.78 is 52.5. The highest BCUT2D eigenvalue weighted by atomic mass is 28.4. The van der Waals surface area contributed by atoms with E-state index < -0.39 is 94.5 Å². The van der Waals surface area contributed by atoms with Crippen molar-refractivity contribution in [1.82, 2.24) is 0 Å². The van der Waals surface area contributed by atoms with Crippen LogP contribution in [0.1, 0.15) is 102 Å². The summed E-state index contributed by atoms with van der Waals surface area (Å²) in [6, 6.07) is -0.317. The Hall–Kier alpha value is -1.05. The summed E-state index contributed by atoms with van der Waals surface area (Å²) in [6.45, 7) is 35.8. The maximum atomic E-state index is 14.4. The average Bonchev–Trinajstić information content (AvgIpc) is 3.11. The second kappa shape index (κ2) is 21.4. The van der Waals surface area contributed by atoms with E-state index in [1.165, 1.54) is 6.08 Å². The summed E-state index contributed by atoms with van der Waals surface area (Å²) in [5, 5.41) is 11.7. The number of nitrogens with two attached hydrogens (primary N) is 1. The fraction of sp³-hybridized carbons (Fsp3) is 0.909. The van der Waals surface area contributed by atoms with E-state index in [9.17, 15) is 14.7 Å². The van der Waals surface area contributed by atoms with Gasteiger partial charge in [0, 0.05) is 38.5 Å². The highest BCUT2D eigenvalue weighted by molar-refractivity contribution is 6.70. The minimum absolute atomic E-state index is 0.0946. The number of ether oxygens (including phenoxy) is 6. The average molecular weight is 860 g/mol. The van der Waals surface area contributed by atoms with Gasteiger partial charge in [0.1, 0.15) is 17.8 Å². The fourth-order valence-electron chi connectivity index (χ4n) is 8.88. The van der Waals surface area contributed by atoms with E-state index in [-0.39, 0.29) is 35.9 Å². The van der Waals surface area contributed by atoms with Crippen LogP contribution in [0.2, 0.25) is 39.3 Å². The number of cyclic esters (lactones) is 1. The van der Waals surface area contributed by atoms with Crippen LogP contribution in [0.4, 0.5) is 0 Å². The fourth-order valence-corrected chi connectivity index (χ4v) is 11.2. The molecule has 17 atom stereocenters. The lowest BCUT2D eigenvalue weighted by Crippen LogP contribution is -2.59. The van der Waals surface area contributed by atoms with E-state index in [4.69, 9.17) is 43.0 Å². The van der Waals surface area contributed by atoms with E-state index in [0.29, 0.717) is 24.8 Å². The topological polar surface area (TPSA) is 154 Å². The molecule has 0 aromatic rings. The third-order valence-corrected chi connectivity index (χ3v) is 14.4. The minimum Gasteiger partial charge on any atom is -0.459 e. The van der Waals surface area contributed by atoms with Crippen LogP contribution in [0.5, 0.6) is 0 Å². The predicted molar refractivity (Wildman–Crippen MR) is 234 cm³/mol. The molecule has 0 aromatic carbocycles. The van der Waals surface area contributed by atoms with Gasteiger partial charge in [-0.3, -0.25) is 9.59 Å². The molecule has 340 valence electrons. The van der Waals surface area contributed by atoms with E-state index in [0.717, 1.165) is 0 Å². The molecule has 2 heterocycles. The van der Waals surface area contributed by atoms with Crippen LogP contribution in [0.15, 0.2) is 11.6 Å². The summed E-state index contributed by atoms with van der Waals surface area (Å²) in [4.78, 5) is 28.5. The zero-order valence-corrected chi connectivity index (χ0v) is 42.0. The first-order valence-electron chi connectivity index (χ1n) is 21.7. The van der Waals surface area contributed by atoms with Crippen LogP contribution in [-0.4, -0.2) is 120 Å². The summed E-state index contributed by atoms with van der Waals surface area (Å²) in [5.41, 5.74) is 4.79. The first-order valence-corrected chi connectivity index (χ1v) is 28.6. The van der Waals surface area contributed by atoms with Crippen LogP contribution in [-0.2, 0) is 46.9 Å². The number of hydrogen-bond donors (Lipinski definition) is 2. The van der Waals surface area contributed by atoms with Crippen molar-refractivity contribution in [3.8, 4) is 0 Å². The zero-order valence-electron chi connectivity index (χ0n) is 40.0. The van der Waals surface area contributed by atoms with Crippen molar-refractivity contribution in [3.63, 3.8) is 0 Å². The van der Waals surface area contributed by atoms with Gasteiger partial charge in [-0.1, -0.05) is 34.6 Å². The number of carbonyl (C=O) groups excluding carboxylic acids is 2. The molecule has 0 aromatic heterocycles. The Bertz CT molecular complexity index is 1350. The van der Waals surface area contributed by atoms with Gasteiger partial charge in [0.25, 0.3) is 0 Å². The lowest BCUT2D eigenvalue weighted by molar-refractivity contribution is -0.275. The Morgan fingerprint density at radius 2 is 1.52 bits per heavy atom. The van der Waals surface area contributed by atoms with Gasteiger partial charge in [0.15, 0.2) is 28.7 Å². The minimum atomic E-state index is -2.11. The van der Waals surface area contributed by atoms with Gasteiger partial charge < -0.3 is 48.1 Å². The van der Waals surface area contributed by atoms with Gasteiger partial charge in [0.2, 0.25) is 0 Å². The maximum Gasteiger partial charge on any atom is 0.311 e. The molecule has 0 bridgehead atoms.